The van der Waals surface area contributed by atoms with Crippen molar-refractivity contribution in [2.24, 2.45) is 4.99 Å². The van der Waals surface area contributed by atoms with Gasteiger partial charge < -0.3 is 15.8 Å². The van der Waals surface area contributed by atoms with Gasteiger partial charge in [0.2, 0.25) is 0 Å². The van der Waals surface area contributed by atoms with E-state index in [1.165, 1.54) is 0 Å². The molecular formula is C10H13N3O. The van der Waals surface area contributed by atoms with E-state index in [4.69, 9.17) is 10.5 Å². The van der Waals surface area contributed by atoms with Crippen molar-refractivity contribution in [3.63, 3.8) is 0 Å². The molecule has 0 bridgehead atoms. The minimum atomic E-state index is 0.490. The summed E-state index contributed by atoms with van der Waals surface area (Å²) >= 11 is 0. The summed E-state index contributed by atoms with van der Waals surface area (Å²) in [7, 11) is 0. The normalized spacial score (nSPS) is 14.7. The first-order valence-corrected chi connectivity index (χ1v) is 4.60. The largest absolute Gasteiger partial charge is 0.486 e. The van der Waals surface area contributed by atoms with E-state index in [-0.39, 0.29) is 0 Å². The number of amidine groups is 1. The van der Waals surface area contributed by atoms with Crippen LogP contribution in [-0.2, 0) is 0 Å². The number of rotatable bonds is 3. The maximum absolute atomic E-state index is 5.62. The van der Waals surface area contributed by atoms with Crippen LogP contribution in [0.25, 0.3) is 0 Å². The van der Waals surface area contributed by atoms with Crippen molar-refractivity contribution in [2.45, 2.75) is 0 Å². The molecule has 0 unspecified atom stereocenters. The Hall–Kier alpha value is -1.71. The summed E-state index contributed by atoms with van der Waals surface area (Å²) in [4.78, 5) is 4.22. The minimum absolute atomic E-state index is 0.490. The molecule has 4 heteroatoms. The topological polar surface area (TPSA) is 59.6 Å². The molecule has 4 nitrogen and oxygen atoms in total. The quantitative estimate of drug-likeness (QED) is 0.690. The van der Waals surface area contributed by atoms with Crippen LogP contribution in [0.5, 0.6) is 5.75 Å². The molecule has 1 heterocycles. The van der Waals surface area contributed by atoms with E-state index in [2.05, 4.69) is 10.3 Å². The van der Waals surface area contributed by atoms with Gasteiger partial charge in [0.05, 0.1) is 6.54 Å². The Kier molecular flexibility index (Phi) is 2.53. The van der Waals surface area contributed by atoms with E-state index in [1.807, 2.05) is 18.2 Å². The molecule has 0 aliphatic carbocycles. The number of benzene rings is 1. The van der Waals surface area contributed by atoms with Crippen LogP contribution in [0.2, 0.25) is 0 Å². The van der Waals surface area contributed by atoms with Crippen LogP contribution in [0, 0.1) is 0 Å². The lowest BCUT2D eigenvalue weighted by Gasteiger charge is -2.06. The first kappa shape index (κ1) is 8.87. The summed E-state index contributed by atoms with van der Waals surface area (Å²) in [5.41, 5.74) is 6.33. The predicted octanol–water partition coefficient (Wildman–Crippen LogP) is 0.649. The summed E-state index contributed by atoms with van der Waals surface area (Å²) < 4.78 is 5.50. The molecule has 1 aliphatic heterocycles. The predicted molar refractivity (Wildman–Crippen MR) is 56.7 cm³/mol. The second kappa shape index (κ2) is 4.00. The number of anilines is 1. The summed E-state index contributed by atoms with van der Waals surface area (Å²) in [6.07, 6.45) is 0. The van der Waals surface area contributed by atoms with Crippen molar-refractivity contribution in [1.29, 1.82) is 0 Å². The Morgan fingerprint density at radius 3 is 3.14 bits per heavy atom. The van der Waals surface area contributed by atoms with Gasteiger partial charge in [-0.2, -0.15) is 0 Å². The van der Waals surface area contributed by atoms with Gasteiger partial charge in [0.15, 0.2) is 0 Å². The van der Waals surface area contributed by atoms with Crippen LogP contribution >= 0.6 is 0 Å². The molecule has 14 heavy (non-hydrogen) atoms. The van der Waals surface area contributed by atoms with Gasteiger partial charge in [-0.15, -0.1) is 0 Å². The average Bonchev–Trinajstić information content (AvgIpc) is 2.67. The van der Waals surface area contributed by atoms with E-state index in [1.54, 1.807) is 6.07 Å². The summed E-state index contributed by atoms with van der Waals surface area (Å²) in [6.45, 7) is 2.24. The Balaban J connectivity index is 1.91. The molecule has 1 aromatic rings. The molecule has 0 saturated carbocycles. The van der Waals surface area contributed by atoms with Crippen LogP contribution < -0.4 is 15.8 Å². The highest BCUT2D eigenvalue weighted by Crippen LogP contribution is 2.14. The number of hydrogen-bond donors (Lipinski definition) is 2. The van der Waals surface area contributed by atoms with Crippen LogP contribution in [-0.4, -0.2) is 25.5 Å². The second-order valence-electron chi connectivity index (χ2n) is 3.12. The monoisotopic (exact) mass is 191 g/mol. The third-order valence-electron chi connectivity index (χ3n) is 1.98. The molecule has 0 saturated heterocycles. The van der Waals surface area contributed by atoms with Crippen LogP contribution in [0.15, 0.2) is 29.3 Å². The molecule has 0 fully saturated rings. The molecule has 0 amide bonds. The zero-order chi connectivity index (χ0) is 9.80. The Labute approximate surface area is 82.8 Å². The minimum Gasteiger partial charge on any atom is -0.486 e. The Bertz CT molecular complexity index is 349. The fraction of sp³-hybridized carbons (Fsp3) is 0.300. The van der Waals surface area contributed by atoms with E-state index in [0.29, 0.717) is 12.3 Å². The number of nitrogens with two attached hydrogens (primary N) is 1. The number of hydrogen-bond acceptors (Lipinski definition) is 4. The smallest absolute Gasteiger partial charge is 0.145 e. The fourth-order valence-corrected chi connectivity index (χ4v) is 1.30. The average molecular weight is 191 g/mol. The maximum atomic E-state index is 5.62. The summed E-state index contributed by atoms with van der Waals surface area (Å²) in [6, 6.07) is 7.38. The van der Waals surface area contributed by atoms with Gasteiger partial charge in [-0.05, 0) is 12.1 Å². The highest BCUT2D eigenvalue weighted by molar-refractivity contribution is 5.84. The molecule has 0 atom stereocenters. The van der Waals surface area contributed by atoms with Crippen molar-refractivity contribution in [2.75, 3.05) is 25.4 Å². The zero-order valence-corrected chi connectivity index (χ0v) is 7.86. The second-order valence-corrected chi connectivity index (χ2v) is 3.12. The van der Waals surface area contributed by atoms with Gasteiger partial charge in [0, 0.05) is 18.3 Å². The van der Waals surface area contributed by atoms with Crippen molar-refractivity contribution in [1.82, 2.24) is 5.32 Å². The lowest BCUT2D eigenvalue weighted by molar-refractivity contribution is 0.374. The number of nitrogens with zero attached hydrogens (tertiary/aromatic N) is 1. The zero-order valence-electron chi connectivity index (χ0n) is 7.86. The number of ether oxygens (including phenoxy) is 1. The molecular weight excluding hydrogens is 178 g/mol. The highest BCUT2D eigenvalue weighted by Gasteiger charge is 2.04. The van der Waals surface area contributed by atoms with E-state index in [9.17, 15) is 0 Å². The first-order valence-electron chi connectivity index (χ1n) is 4.60. The van der Waals surface area contributed by atoms with Gasteiger partial charge in [0.25, 0.3) is 0 Å². The Morgan fingerprint density at radius 2 is 2.43 bits per heavy atom. The van der Waals surface area contributed by atoms with Gasteiger partial charge in [-0.25, -0.2) is 0 Å². The SMILES string of the molecule is Nc1cccc(OCC2=NCCN2)c1. The van der Waals surface area contributed by atoms with Crippen LogP contribution in [0.3, 0.4) is 0 Å². The third kappa shape index (κ3) is 2.16. The van der Waals surface area contributed by atoms with Crippen molar-refractivity contribution in [3.8, 4) is 5.75 Å². The third-order valence-corrected chi connectivity index (χ3v) is 1.98. The maximum Gasteiger partial charge on any atom is 0.145 e. The molecule has 0 aromatic heterocycles. The molecule has 3 N–H and O–H groups in total. The lowest BCUT2D eigenvalue weighted by Crippen LogP contribution is -2.24. The van der Waals surface area contributed by atoms with Gasteiger partial charge in [0.1, 0.15) is 18.2 Å². The molecule has 74 valence electrons. The first-order chi connectivity index (χ1) is 6.84. The molecule has 1 aliphatic rings. The van der Waals surface area contributed by atoms with Gasteiger partial charge in [-0.1, -0.05) is 6.07 Å². The lowest BCUT2D eigenvalue weighted by atomic mass is 10.3. The molecule has 2 rings (SSSR count). The standard InChI is InChI=1S/C10H13N3O/c11-8-2-1-3-9(6-8)14-7-10-12-4-5-13-10/h1-3,6H,4-5,7,11H2,(H,12,13). The Morgan fingerprint density at radius 1 is 1.50 bits per heavy atom. The number of nitrogen functional groups attached to an aromatic ring is 1. The van der Waals surface area contributed by atoms with Crippen LogP contribution in [0.1, 0.15) is 0 Å². The van der Waals surface area contributed by atoms with Crippen LogP contribution in [0.4, 0.5) is 5.69 Å². The summed E-state index contributed by atoms with van der Waals surface area (Å²) in [5, 5.41) is 3.14. The van der Waals surface area contributed by atoms with Crippen molar-refractivity contribution in [3.05, 3.63) is 24.3 Å². The van der Waals surface area contributed by atoms with E-state index >= 15 is 0 Å². The summed E-state index contributed by atoms with van der Waals surface area (Å²) in [5.74, 6) is 1.69. The highest BCUT2D eigenvalue weighted by atomic mass is 16.5. The van der Waals surface area contributed by atoms with E-state index < -0.39 is 0 Å². The molecule has 0 spiro atoms. The molecule has 0 radical (unpaired) electrons. The van der Waals surface area contributed by atoms with Gasteiger partial charge in [-0.3, -0.25) is 4.99 Å². The van der Waals surface area contributed by atoms with Gasteiger partial charge >= 0.3 is 0 Å². The fourth-order valence-electron chi connectivity index (χ4n) is 1.30. The molecule has 1 aromatic carbocycles. The van der Waals surface area contributed by atoms with Crippen molar-refractivity contribution < 1.29 is 4.74 Å². The van der Waals surface area contributed by atoms with E-state index in [0.717, 1.165) is 24.7 Å². The number of aliphatic imine (C=N–C) groups is 1. The van der Waals surface area contributed by atoms with Crippen molar-refractivity contribution >= 4 is 11.5 Å². The number of nitrogens with one attached hydrogen (secondary N) is 1.